The highest BCUT2D eigenvalue weighted by Crippen LogP contribution is 2.17. The van der Waals surface area contributed by atoms with Crippen molar-refractivity contribution in [1.82, 2.24) is 9.55 Å². The van der Waals surface area contributed by atoms with Gasteiger partial charge in [0.2, 0.25) is 0 Å². The first-order valence-corrected chi connectivity index (χ1v) is 8.46. The number of aromatic nitrogens is 2. The summed E-state index contributed by atoms with van der Waals surface area (Å²) in [5.74, 6) is 0. The van der Waals surface area contributed by atoms with Gasteiger partial charge in [-0.3, -0.25) is 4.55 Å². The molecule has 0 aliphatic rings. The molecule has 0 aliphatic carbocycles. The largest absolute Gasteiger partial charge is 0.337 e. The third-order valence-corrected chi connectivity index (χ3v) is 4.62. The first kappa shape index (κ1) is 16.2. The van der Waals surface area contributed by atoms with Crippen molar-refractivity contribution in [3.63, 3.8) is 0 Å². The fraction of sp³-hybridized carbons (Fsp3) is 0.769. The van der Waals surface area contributed by atoms with E-state index < -0.39 is 15.4 Å². The average molecular weight is 288 g/mol. The van der Waals surface area contributed by atoms with Crippen molar-refractivity contribution >= 4 is 10.1 Å². The summed E-state index contributed by atoms with van der Waals surface area (Å²) in [4.78, 5) is 3.95. The molecule has 19 heavy (non-hydrogen) atoms. The van der Waals surface area contributed by atoms with Gasteiger partial charge in [-0.25, -0.2) is 4.98 Å². The van der Waals surface area contributed by atoms with E-state index in [9.17, 15) is 13.0 Å². The molecule has 1 aromatic rings. The predicted octanol–water partition coefficient (Wildman–Crippen LogP) is 2.89. The van der Waals surface area contributed by atoms with E-state index in [0.29, 0.717) is 12.8 Å². The number of hydrogen-bond acceptors (Lipinski definition) is 3. The summed E-state index contributed by atoms with van der Waals surface area (Å²) in [6, 6.07) is 0. The Morgan fingerprint density at radius 1 is 1.21 bits per heavy atom. The SMILES string of the molecule is CCCCCC(CCCCn1ccnc1)S(=O)(=O)O. The van der Waals surface area contributed by atoms with Crippen molar-refractivity contribution in [2.45, 2.75) is 63.7 Å². The zero-order valence-corrected chi connectivity index (χ0v) is 12.3. The Balaban J connectivity index is 2.28. The minimum absolute atomic E-state index is 0.539. The standard InChI is InChI=1S/C13H24N2O3S/c1-2-3-4-7-13(19(16,17)18)8-5-6-10-15-11-9-14-12-15/h9,11-13H,2-8,10H2,1H3,(H,16,17,18). The number of hydrogen-bond donors (Lipinski definition) is 1. The zero-order chi connectivity index (χ0) is 14.1. The van der Waals surface area contributed by atoms with Gasteiger partial charge in [-0.1, -0.05) is 32.6 Å². The van der Waals surface area contributed by atoms with Crippen molar-refractivity contribution in [3.05, 3.63) is 18.7 Å². The molecule has 1 N–H and O–H groups in total. The van der Waals surface area contributed by atoms with Crippen LogP contribution in [-0.2, 0) is 16.7 Å². The molecule has 0 bridgehead atoms. The Morgan fingerprint density at radius 3 is 2.42 bits per heavy atom. The van der Waals surface area contributed by atoms with Crippen molar-refractivity contribution < 1.29 is 13.0 Å². The van der Waals surface area contributed by atoms with Gasteiger partial charge in [0.25, 0.3) is 10.1 Å². The van der Waals surface area contributed by atoms with Crippen LogP contribution >= 0.6 is 0 Å². The molecule has 1 unspecified atom stereocenters. The van der Waals surface area contributed by atoms with Crippen molar-refractivity contribution in [2.24, 2.45) is 0 Å². The van der Waals surface area contributed by atoms with E-state index in [1.165, 1.54) is 0 Å². The second-order valence-corrected chi connectivity index (χ2v) is 6.63. The molecule has 5 nitrogen and oxygen atoms in total. The Morgan fingerprint density at radius 2 is 1.89 bits per heavy atom. The molecule has 0 radical (unpaired) electrons. The van der Waals surface area contributed by atoms with Crippen LogP contribution in [0.25, 0.3) is 0 Å². The van der Waals surface area contributed by atoms with E-state index >= 15 is 0 Å². The Kier molecular flexibility index (Phi) is 7.09. The van der Waals surface area contributed by atoms with E-state index in [4.69, 9.17) is 0 Å². The summed E-state index contributed by atoms with van der Waals surface area (Å²) in [6.45, 7) is 2.92. The number of nitrogens with zero attached hydrogens (tertiary/aromatic N) is 2. The Bertz CT molecular complexity index is 429. The predicted molar refractivity (Wildman–Crippen MR) is 75.6 cm³/mol. The molecule has 1 atom stereocenters. The Labute approximate surface area is 115 Å². The number of aryl methyl sites for hydroxylation is 1. The molecule has 1 rings (SSSR count). The smallest absolute Gasteiger partial charge is 0.267 e. The third-order valence-electron chi connectivity index (χ3n) is 3.30. The summed E-state index contributed by atoms with van der Waals surface area (Å²) >= 11 is 0. The third kappa shape index (κ3) is 6.73. The van der Waals surface area contributed by atoms with Crippen LogP contribution in [0.3, 0.4) is 0 Å². The normalized spacial score (nSPS) is 13.6. The quantitative estimate of drug-likeness (QED) is 0.531. The summed E-state index contributed by atoms with van der Waals surface area (Å²) < 4.78 is 33.8. The highest BCUT2D eigenvalue weighted by molar-refractivity contribution is 7.86. The maximum atomic E-state index is 11.3. The van der Waals surface area contributed by atoms with Gasteiger partial charge in [-0.05, 0) is 19.3 Å². The average Bonchev–Trinajstić information content (AvgIpc) is 2.84. The van der Waals surface area contributed by atoms with Gasteiger partial charge in [0.1, 0.15) is 0 Å². The van der Waals surface area contributed by atoms with Gasteiger partial charge in [-0.2, -0.15) is 8.42 Å². The minimum atomic E-state index is -3.90. The molecular formula is C13H24N2O3S. The van der Waals surface area contributed by atoms with Crippen LogP contribution in [0.5, 0.6) is 0 Å². The van der Waals surface area contributed by atoms with E-state index in [1.54, 1.807) is 12.5 Å². The van der Waals surface area contributed by atoms with E-state index in [2.05, 4.69) is 11.9 Å². The lowest BCUT2D eigenvalue weighted by molar-refractivity contribution is 0.443. The van der Waals surface area contributed by atoms with Crippen LogP contribution in [0.15, 0.2) is 18.7 Å². The molecule has 1 heterocycles. The van der Waals surface area contributed by atoms with Gasteiger partial charge >= 0.3 is 0 Å². The number of unbranched alkanes of at least 4 members (excludes halogenated alkanes) is 3. The van der Waals surface area contributed by atoms with Crippen LogP contribution in [0.4, 0.5) is 0 Å². The molecule has 1 aromatic heterocycles. The summed E-state index contributed by atoms with van der Waals surface area (Å²) in [6.07, 6.45) is 11.1. The molecule has 0 aromatic carbocycles. The van der Waals surface area contributed by atoms with Crippen molar-refractivity contribution in [1.29, 1.82) is 0 Å². The van der Waals surface area contributed by atoms with Gasteiger partial charge in [0.15, 0.2) is 0 Å². The summed E-state index contributed by atoms with van der Waals surface area (Å²) in [7, 11) is -3.90. The molecule has 0 spiro atoms. The second-order valence-electron chi connectivity index (χ2n) is 4.93. The van der Waals surface area contributed by atoms with Crippen LogP contribution in [0.1, 0.15) is 51.9 Å². The highest BCUT2D eigenvalue weighted by Gasteiger charge is 2.21. The van der Waals surface area contributed by atoms with E-state index in [1.807, 2.05) is 10.8 Å². The summed E-state index contributed by atoms with van der Waals surface area (Å²) in [5, 5.41) is -0.596. The van der Waals surface area contributed by atoms with Gasteiger partial charge in [0.05, 0.1) is 11.6 Å². The van der Waals surface area contributed by atoms with Crippen molar-refractivity contribution in [2.75, 3.05) is 0 Å². The van der Waals surface area contributed by atoms with Crippen LogP contribution in [0, 0.1) is 0 Å². The van der Waals surface area contributed by atoms with Gasteiger partial charge in [0, 0.05) is 18.9 Å². The monoisotopic (exact) mass is 288 g/mol. The minimum Gasteiger partial charge on any atom is -0.337 e. The molecule has 0 saturated heterocycles. The molecule has 0 fully saturated rings. The molecule has 110 valence electrons. The first-order valence-electron chi connectivity index (χ1n) is 6.96. The molecular weight excluding hydrogens is 264 g/mol. The molecule has 6 heteroatoms. The lowest BCUT2D eigenvalue weighted by atomic mass is 10.1. The number of imidazole rings is 1. The van der Waals surface area contributed by atoms with Crippen LogP contribution in [0.2, 0.25) is 0 Å². The van der Waals surface area contributed by atoms with Crippen LogP contribution < -0.4 is 0 Å². The molecule has 0 aliphatic heterocycles. The number of rotatable bonds is 10. The lowest BCUT2D eigenvalue weighted by Gasteiger charge is -2.13. The highest BCUT2D eigenvalue weighted by atomic mass is 32.2. The fourth-order valence-electron chi connectivity index (χ4n) is 2.15. The van der Waals surface area contributed by atoms with Crippen molar-refractivity contribution in [3.8, 4) is 0 Å². The summed E-state index contributed by atoms with van der Waals surface area (Å²) in [5.41, 5.74) is 0. The molecule has 0 amide bonds. The van der Waals surface area contributed by atoms with E-state index in [-0.39, 0.29) is 0 Å². The fourth-order valence-corrected chi connectivity index (χ4v) is 3.08. The second kappa shape index (κ2) is 8.32. The zero-order valence-electron chi connectivity index (χ0n) is 11.5. The van der Waals surface area contributed by atoms with Gasteiger partial charge in [-0.15, -0.1) is 0 Å². The maximum absolute atomic E-state index is 11.3. The topological polar surface area (TPSA) is 72.2 Å². The first-order chi connectivity index (χ1) is 9.04. The molecule has 0 saturated carbocycles. The Hall–Kier alpha value is -0.880. The lowest BCUT2D eigenvalue weighted by Crippen LogP contribution is -2.20. The van der Waals surface area contributed by atoms with Gasteiger partial charge < -0.3 is 4.57 Å². The van der Waals surface area contributed by atoms with Crippen LogP contribution in [-0.4, -0.2) is 27.8 Å². The van der Waals surface area contributed by atoms with E-state index in [0.717, 1.165) is 38.6 Å². The maximum Gasteiger partial charge on any atom is 0.267 e.